The Morgan fingerprint density at radius 1 is 0.647 bits per heavy atom. The molecule has 25 heteroatoms. The number of hydrogen-bond acceptors (Lipinski definition) is 23. The fourth-order valence-corrected chi connectivity index (χ4v) is 10.4. The molecule has 4 aromatic carbocycles. The SMILES string of the molecule is CCN(CC)c1cc(Nc2nc(Nc3cc(N(CC)CC)c(OC)cc3N=Nc3nc4ccc(OC)c(S(=O)(=O)O)c4s3)nc(SCCO)n2)c(N=Nc2nc3ccc(OC)cc3s2)cc1OC. The van der Waals surface area contributed by atoms with E-state index in [9.17, 15) is 18.1 Å². The summed E-state index contributed by atoms with van der Waals surface area (Å²) in [6.45, 7) is 10.7. The Kier molecular flexibility index (Phi) is 16.0. The van der Waals surface area contributed by atoms with E-state index >= 15 is 0 Å². The molecule has 0 aliphatic heterocycles. The lowest BCUT2D eigenvalue weighted by atomic mass is 10.2. The molecule has 0 aliphatic carbocycles. The number of aliphatic hydroxyl groups excluding tert-OH is 1. The van der Waals surface area contributed by atoms with Crippen LogP contribution in [0.25, 0.3) is 20.4 Å². The molecule has 0 saturated carbocycles. The molecule has 358 valence electrons. The zero-order valence-electron chi connectivity index (χ0n) is 38.3. The molecule has 0 aliphatic rings. The lowest BCUT2D eigenvalue weighted by Crippen LogP contribution is -2.22. The van der Waals surface area contributed by atoms with Crippen LogP contribution < -0.4 is 39.4 Å². The molecule has 21 nitrogen and oxygen atoms in total. The van der Waals surface area contributed by atoms with Crippen molar-refractivity contribution in [2.75, 3.05) is 87.4 Å². The molecule has 0 unspecified atom stereocenters. The summed E-state index contributed by atoms with van der Waals surface area (Å²) < 4.78 is 58.2. The maximum absolute atomic E-state index is 12.4. The van der Waals surface area contributed by atoms with Crippen LogP contribution in [0.15, 0.2) is 85.1 Å². The average molecular weight is 1000 g/mol. The number of thiazole rings is 2. The van der Waals surface area contributed by atoms with Crippen LogP contribution in [0.1, 0.15) is 27.7 Å². The molecule has 7 rings (SSSR count). The Labute approximate surface area is 404 Å². The molecule has 0 spiro atoms. The van der Waals surface area contributed by atoms with Crippen molar-refractivity contribution in [1.29, 1.82) is 0 Å². The van der Waals surface area contributed by atoms with Gasteiger partial charge in [-0.05, 0) is 70.2 Å². The molecule has 68 heavy (non-hydrogen) atoms. The summed E-state index contributed by atoms with van der Waals surface area (Å²) >= 11 is 3.50. The fourth-order valence-electron chi connectivity index (χ4n) is 6.98. The Morgan fingerprint density at radius 2 is 1.18 bits per heavy atom. The van der Waals surface area contributed by atoms with Crippen molar-refractivity contribution in [2.24, 2.45) is 20.5 Å². The van der Waals surface area contributed by atoms with Crippen molar-refractivity contribution in [3.05, 3.63) is 54.6 Å². The maximum atomic E-state index is 12.4. The summed E-state index contributed by atoms with van der Waals surface area (Å²) in [7, 11) is 1.38. The summed E-state index contributed by atoms with van der Waals surface area (Å²) in [5.74, 6) is 2.30. The third-order valence-electron chi connectivity index (χ3n) is 10.2. The minimum atomic E-state index is -4.68. The topological polar surface area (TPSA) is 256 Å². The van der Waals surface area contributed by atoms with Crippen molar-refractivity contribution in [3.8, 4) is 23.0 Å². The van der Waals surface area contributed by atoms with Gasteiger partial charge < -0.3 is 44.5 Å². The van der Waals surface area contributed by atoms with E-state index in [1.54, 1.807) is 39.5 Å². The number of fused-ring (bicyclic) bond motifs is 2. The lowest BCUT2D eigenvalue weighted by molar-refractivity contribution is 0.322. The molecule has 0 radical (unpaired) electrons. The highest BCUT2D eigenvalue weighted by Crippen LogP contribution is 2.44. The summed E-state index contributed by atoms with van der Waals surface area (Å²) in [4.78, 5) is 27.2. The van der Waals surface area contributed by atoms with Gasteiger partial charge in [-0.1, -0.05) is 34.4 Å². The Bertz CT molecular complexity index is 3090. The van der Waals surface area contributed by atoms with Gasteiger partial charge in [-0.15, -0.1) is 20.5 Å². The van der Waals surface area contributed by atoms with Crippen LogP contribution in [-0.4, -0.2) is 110 Å². The number of benzene rings is 4. The second kappa shape index (κ2) is 22.1. The fraction of sp³-hybridized carbons (Fsp3) is 0.326. The van der Waals surface area contributed by atoms with Crippen molar-refractivity contribution in [1.82, 2.24) is 24.9 Å². The number of aliphatic hydroxyl groups is 1. The van der Waals surface area contributed by atoms with Crippen LogP contribution in [0.5, 0.6) is 23.0 Å². The minimum Gasteiger partial charge on any atom is -0.497 e. The predicted octanol–water partition coefficient (Wildman–Crippen LogP) is 10.5. The van der Waals surface area contributed by atoms with Crippen LogP contribution in [0, 0.1) is 0 Å². The summed E-state index contributed by atoms with van der Waals surface area (Å²) in [6, 6.07) is 15.8. The first-order valence-electron chi connectivity index (χ1n) is 21.1. The van der Waals surface area contributed by atoms with Crippen molar-refractivity contribution in [2.45, 2.75) is 37.7 Å². The van der Waals surface area contributed by atoms with Gasteiger partial charge in [0.15, 0.2) is 10.1 Å². The van der Waals surface area contributed by atoms with Gasteiger partial charge >= 0.3 is 0 Å². The minimum absolute atomic E-state index is 0.0406. The number of anilines is 6. The van der Waals surface area contributed by atoms with Gasteiger partial charge in [0.25, 0.3) is 10.1 Å². The van der Waals surface area contributed by atoms with E-state index < -0.39 is 15.0 Å². The van der Waals surface area contributed by atoms with Crippen LogP contribution in [0.4, 0.5) is 56.3 Å². The van der Waals surface area contributed by atoms with Crippen LogP contribution in [0.2, 0.25) is 0 Å². The maximum Gasteiger partial charge on any atom is 0.299 e. The molecule has 0 fully saturated rings. The number of thioether (sulfide) groups is 1. The van der Waals surface area contributed by atoms with Gasteiger partial charge in [-0.25, -0.2) is 9.97 Å². The van der Waals surface area contributed by atoms with E-state index in [2.05, 4.69) is 64.7 Å². The van der Waals surface area contributed by atoms with Crippen molar-refractivity contribution in [3.63, 3.8) is 0 Å². The third kappa shape index (κ3) is 11.1. The summed E-state index contributed by atoms with van der Waals surface area (Å²) in [5, 5.41) is 35.5. The normalized spacial score (nSPS) is 11.8. The Morgan fingerprint density at radius 3 is 1.68 bits per heavy atom. The van der Waals surface area contributed by atoms with Gasteiger partial charge in [0.1, 0.15) is 34.4 Å². The molecular weight excluding hydrogens is 955 g/mol. The monoisotopic (exact) mass is 1000 g/mol. The third-order valence-corrected chi connectivity index (χ3v) is 14.0. The van der Waals surface area contributed by atoms with E-state index in [1.807, 2.05) is 44.2 Å². The highest BCUT2D eigenvalue weighted by atomic mass is 32.2. The van der Waals surface area contributed by atoms with Crippen LogP contribution in [-0.2, 0) is 10.1 Å². The quantitative estimate of drug-likeness (QED) is 0.0280. The molecule has 0 saturated heterocycles. The number of azo groups is 2. The van der Waals surface area contributed by atoms with Crippen LogP contribution in [0.3, 0.4) is 0 Å². The highest BCUT2D eigenvalue weighted by Gasteiger charge is 2.24. The molecule has 3 aromatic heterocycles. The van der Waals surface area contributed by atoms with Gasteiger partial charge in [-0.3, -0.25) is 4.55 Å². The molecule has 3 heterocycles. The van der Waals surface area contributed by atoms with Gasteiger partial charge in [0.2, 0.25) is 22.2 Å². The standard InChI is InChI=1S/C43H49N13O8S4/c1-9-55(10-2)31-20-27(29(22-34(31)63-7)51-53-42-46-25-14-13-24(61-5)19-36(25)66-42)44-39-48-40(50-41(49-39)65-18-17-57)45-28-21-32(56(11-3)12-4)35(64-8)23-30(28)52-54-43-47-26-15-16-33(62-6)38(37(26)67-43)68(58,59)60/h13-16,19-23,57H,9-12,17-18H2,1-8H3,(H,58,59,60)(H2,44,45,48,49,50). The first-order valence-corrected chi connectivity index (χ1v) is 25.1. The summed E-state index contributed by atoms with van der Waals surface area (Å²) in [6.07, 6.45) is 0. The second-order valence-electron chi connectivity index (χ2n) is 14.2. The van der Waals surface area contributed by atoms with E-state index in [-0.39, 0.29) is 39.6 Å². The van der Waals surface area contributed by atoms with Crippen molar-refractivity contribution < 1.29 is 37.0 Å². The number of methoxy groups -OCH3 is 4. The number of hydrogen-bond donors (Lipinski definition) is 4. The van der Waals surface area contributed by atoms with E-state index in [4.69, 9.17) is 33.9 Å². The first kappa shape index (κ1) is 49.4. The second-order valence-corrected chi connectivity index (χ2v) is 18.6. The molecule has 0 bridgehead atoms. The lowest BCUT2D eigenvalue weighted by Gasteiger charge is -2.25. The average Bonchev–Trinajstić information content (AvgIpc) is 3.96. The number of rotatable bonds is 22. The molecule has 0 atom stereocenters. The number of aromatic nitrogens is 5. The molecule has 0 amide bonds. The van der Waals surface area contributed by atoms with E-state index in [1.165, 1.54) is 36.3 Å². The molecule has 7 aromatic rings. The number of nitrogens with zero attached hydrogens (tertiary/aromatic N) is 11. The Hall–Kier alpha value is -6.51. The van der Waals surface area contributed by atoms with Gasteiger partial charge in [0.05, 0.1) is 78.2 Å². The zero-order chi connectivity index (χ0) is 48.5. The van der Waals surface area contributed by atoms with Gasteiger partial charge in [0, 0.05) is 44.1 Å². The largest absolute Gasteiger partial charge is 0.497 e. The first-order chi connectivity index (χ1) is 32.9. The number of nitrogens with one attached hydrogen (secondary N) is 2. The number of ether oxygens (including phenoxy) is 4. The van der Waals surface area contributed by atoms with Gasteiger partial charge in [-0.2, -0.15) is 23.4 Å². The highest BCUT2D eigenvalue weighted by molar-refractivity contribution is 7.99. The van der Waals surface area contributed by atoms with Crippen molar-refractivity contribution >= 4 is 121 Å². The summed E-state index contributed by atoms with van der Waals surface area (Å²) in [5.41, 5.74) is 4.20. The van der Waals surface area contributed by atoms with Crippen LogP contribution >= 0.6 is 34.4 Å². The smallest absolute Gasteiger partial charge is 0.299 e. The molecular formula is C43H49N13O8S4. The van der Waals surface area contributed by atoms with E-state index in [0.29, 0.717) is 82.2 Å². The molecule has 4 N–H and O–H groups in total. The van der Waals surface area contributed by atoms with E-state index in [0.717, 1.165) is 32.9 Å². The zero-order valence-corrected chi connectivity index (χ0v) is 41.6. The Balaban J connectivity index is 1.32. The predicted molar refractivity (Wildman–Crippen MR) is 268 cm³/mol.